The average Bonchev–Trinajstić information content (AvgIpc) is 2.42. The molecule has 6 heteroatoms. The van der Waals surface area contributed by atoms with Gasteiger partial charge in [0.05, 0.1) is 6.61 Å². The minimum Gasteiger partial charge on any atom is -0.462 e. The first-order valence-corrected chi connectivity index (χ1v) is 6.48. The van der Waals surface area contributed by atoms with Gasteiger partial charge in [-0.15, -0.1) is 0 Å². The Morgan fingerprint density at radius 1 is 1.10 bits per heavy atom. The van der Waals surface area contributed by atoms with Gasteiger partial charge in [-0.3, -0.25) is 0 Å². The predicted octanol–water partition coefficient (Wildman–Crippen LogP) is -0.518. The second kappa shape index (κ2) is 6.07. The van der Waals surface area contributed by atoms with Crippen LogP contribution in [0.3, 0.4) is 0 Å². The molecule has 4 N–H and O–H groups in total. The van der Waals surface area contributed by atoms with E-state index in [1.807, 2.05) is 26.0 Å². The van der Waals surface area contributed by atoms with Crippen LogP contribution < -0.4 is 4.74 Å². The Balaban J connectivity index is 2.15. The zero-order valence-corrected chi connectivity index (χ0v) is 11.4. The summed E-state index contributed by atoms with van der Waals surface area (Å²) in [4.78, 5) is 0. The fourth-order valence-electron chi connectivity index (χ4n) is 2.22. The van der Waals surface area contributed by atoms with Gasteiger partial charge in [-0.25, -0.2) is 0 Å². The Morgan fingerprint density at radius 2 is 1.80 bits per heavy atom. The molecule has 1 heterocycles. The van der Waals surface area contributed by atoms with Crippen molar-refractivity contribution in [3.05, 3.63) is 29.3 Å². The van der Waals surface area contributed by atoms with Gasteiger partial charge >= 0.3 is 0 Å². The molecule has 112 valence electrons. The summed E-state index contributed by atoms with van der Waals surface area (Å²) < 4.78 is 10.8. The van der Waals surface area contributed by atoms with Crippen molar-refractivity contribution in [3.8, 4) is 5.75 Å². The van der Waals surface area contributed by atoms with Crippen LogP contribution in [0.1, 0.15) is 11.1 Å². The lowest BCUT2D eigenvalue weighted by atomic mass is 9.99. The average molecular weight is 284 g/mol. The molecule has 0 aromatic heterocycles. The van der Waals surface area contributed by atoms with Gasteiger partial charge in [-0.05, 0) is 25.5 Å². The van der Waals surface area contributed by atoms with Crippen LogP contribution in [-0.4, -0.2) is 57.7 Å². The second-order valence-corrected chi connectivity index (χ2v) is 5.08. The van der Waals surface area contributed by atoms with Gasteiger partial charge in [-0.1, -0.05) is 17.7 Å². The van der Waals surface area contributed by atoms with E-state index < -0.39 is 37.3 Å². The molecular weight excluding hydrogens is 264 g/mol. The van der Waals surface area contributed by atoms with Crippen LogP contribution in [0.4, 0.5) is 0 Å². The molecule has 1 aromatic carbocycles. The summed E-state index contributed by atoms with van der Waals surface area (Å²) in [5.74, 6) is 0.514. The molecule has 20 heavy (non-hydrogen) atoms. The van der Waals surface area contributed by atoms with E-state index in [9.17, 15) is 15.3 Å². The molecule has 0 radical (unpaired) electrons. The molecular formula is C14H20O6. The van der Waals surface area contributed by atoms with Crippen LogP contribution in [0.5, 0.6) is 5.75 Å². The summed E-state index contributed by atoms with van der Waals surface area (Å²) in [7, 11) is 0. The standard InChI is InChI=1S/C14H20O6/c1-7-3-4-9(8(2)5-7)19-14-13(18)12(17)11(16)10(6-15)20-14/h3-5,10-18H,6H2,1-2H3. The largest absolute Gasteiger partial charge is 0.462 e. The minimum atomic E-state index is -1.43. The highest BCUT2D eigenvalue weighted by Gasteiger charge is 2.44. The predicted molar refractivity (Wildman–Crippen MR) is 70.3 cm³/mol. The fourth-order valence-corrected chi connectivity index (χ4v) is 2.22. The lowest BCUT2D eigenvalue weighted by molar-refractivity contribution is -0.277. The molecule has 5 atom stereocenters. The first-order chi connectivity index (χ1) is 9.43. The van der Waals surface area contributed by atoms with E-state index in [-0.39, 0.29) is 0 Å². The van der Waals surface area contributed by atoms with Crippen LogP contribution in [0.2, 0.25) is 0 Å². The van der Waals surface area contributed by atoms with Crippen molar-refractivity contribution < 1.29 is 29.9 Å². The van der Waals surface area contributed by atoms with Crippen molar-refractivity contribution in [2.75, 3.05) is 6.61 Å². The highest BCUT2D eigenvalue weighted by Crippen LogP contribution is 2.26. The van der Waals surface area contributed by atoms with E-state index in [2.05, 4.69) is 0 Å². The zero-order chi connectivity index (χ0) is 14.9. The number of hydrogen-bond acceptors (Lipinski definition) is 6. The van der Waals surface area contributed by atoms with Crippen LogP contribution in [0.25, 0.3) is 0 Å². The van der Waals surface area contributed by atoms with Gasteiger partial charge in [0, 0.05) is 0 Å². The van der Waals surface area contributed by atoms with Crippen LogP contribution >= 0.6 is 0 Å². The van der Waals surface area contributed by atoms with Crippen molar-refractivity contribution in [1.29, 1.82) is 0 Å². The summed E-state index contributed by atoms with van der Waals surface area (Å²) in [5.41, 5.74) is 1.94. The third-order valence-electron chi connectivity index (χ3n) is 3.42. The summed E-state index contributed by atoms with van der Waals surface area (Å²) in [5, 5.41) is 38.4. The van der Waals surface area contributed by atoms with E-state index in [0.29, 0.717) is 5.75 Å². The molecule has 5 unspecified atom stereocenters. The van der Waals surface area contributed by atoms with Crippen molar-refractivity contribution >= 4 is 0 Å². The number of ether oxygens (including phenoxy) is 2. The molecule has 1 aromatic rings. The van der Waals surface area contributed by atoms with E-state index in [1.54, 1.807) is 6.07 Å². The first-order valence-electron chi connectivity index (χ1n) is 6.48. The first kappa shape index (κ1) is 15.2. The smallest absolute Gasteiger partial charge is 0.229 e. The summed E-state index contributed by atoms with van der Waals surface area (Å²) >= 11 is 0. The third kappa shape index (κ3) is 2.94. The second-order valence-electron chi connectivity index (χ2n) is 5.08. The van der Waals surface area contributed by atoms with Gasteiger partial charge in [0.2, 0.25) is 6.29 Å². The van der Waals surface area contributed by atoms with E-state index in [0.717, 1.165) is 11.1 Å². The maximum absolute atomic E-state index is 9.89. The van der Waals surface area contributed by atoms with Gasteiger partial charge in [0.25, 0.3) is 0 Å². The van der Waals surface area contributed by atoms with Crippen LogP contribution in [-0.2, 0) is 4.74 Å². The lowest BCUT2D eigenvalue weighted by Gasteiger charge is -2.39. The topological polar surface area (TPSA) is 99.4 Å². The molecule has 6 nitrogen and oxygen atoms in total. The Morgan fingerprint density at radius 3 is 2.40 bits per heavy atom. The highest BCUT2D eigenvalue weighted by molar-refractivity contribution is 5.35. The van der Waals surface area contributed by atoms with Gasteiger partial charge in [-0.2, -0.15) is 0 Å². The Labute approximate surface area is 117 Å². The fraction of sp³-hybridized carbons (Fsp3) is 0.571. The van der Waals surface area contributed by atoms with Gasteiger partial charge in [0.1, 0.15) is 30.2 Å². The Hall–Kier alpha value is -1.18. The van der Waals surface area contributed by atoms with E-state index in [1.165, 1.54) is 0 Å². The van der Waals surface area contributed by atoms with Crippen molar-refractivity contribution in [3.63, 3.8) is 0 Å². The zero-order valence-electron chi connectivity index (χ0n) is 11.4. The molecule has 1 aliphatic heterocycles. The summed E-state index contributed by atoms with van der Waals surface area (Å²) in [6.45, 7) is 3.33. The molecule has 0 amide bonds. The molecule has 0 saturated carbocycles. The van der Waals surface area contributed by atoms with Gasteiger partial charge in [0.15, 0.2) is 0 Å². The quantitative estimate of drug-likeness (QED) is 0.596. The summed E-state index contributed by atoms with van der Waals surface area (Å²) in [6, 6.07) is 5.51. The Kier molecular flexibility index (Phi) is 4.62. The van der Waals surface area contributed by atoms with Crippen molar-refractivity contribution in [1.82, 2.24) is 0 Å². The molecule has 1 fully saturated rings. The molecule has 2 rings (SSSR count). The number of hydrogen-bond donors (Lipinski definition) is 4. The molecule has 1 saturated heterocycles. The number of aliphatic hydroxyl groups excluding tert-OH is 4. The van der Waals surface area contributed by atoms with Crippen LogP contribution in [0.15, 0.2) is 18.2 Å². The highest BCUT2D eigenvalue weighted by atomic mass is 16.7. The number of benzene rings is 1. The normalized spacial score (nSPS) is 34.0. The molecule has 0 spiro atoms. The molecule has 0 bridgehead atoms. The SMILES string of the molecule is Cc1ccc(OC2OC(CO)C(O)C(O)C2O)c(C)c1. The third-order valence-corrected chi connectivity index (χ3v) is 3.42. The maximum atomic E-state index is 9.89. The van der Waals surface area contributed by atoms with Crippen LogP contribution in [0, 0.1) is 13.8 Å². The van der Waals surface area contributed by atoms with E-state index in [4.69, 9.17) is 14.6 Å². The molecule has 1 aliphatic rings. The lowest BCUT2D eigenvalue weighted by Crippen LogP contribution is -2.60. The Bertz CT molecular complexity index is 461. The monoisotopic (exact) mass is 284 g/mol. The van der Waals surface area contributed by atoms with Gasteiger partial charge < -0.3 is 29.9 Å². The summed E-state index contributed by atoms with van der Waals surface area (Å²) in [6.07, 6.45) is -6.32. The minimum absolute atomic E-state index is 0.475. The number of aliphatic hydroxyl groups is 4. The number of rotatable bonds is 3. The number of aryl methyl sites for hydroxylation is 2. The molecule has 0 aliphatic carbocycles. The van der Waals surface area contributed by atoms with Crippen molar-refractivity contribution in [2.45, 2.75) is 44.6 Å². The van der Waals surface area contributed by atoms with Crippen molar-refractivity contribution in [2.24, 2.45) is 0 Å². The van der Waals surface area contributed by atoms with E-state index >= 15 is 0 Å². The maximum Gasteiger partial charge on any atom is 0.229 e.